The first kappa shape index (κ1) is 24.2. The lowest BCUT2D eigenvalue weighted by Gasteiger charge is -2.32. The van der Waals surface area contributed by atoms with Crippen molar-refractivity contribution in [3.05, 3.63) is 30.3 Å². The number of likely N-dealkylation sites (tertiary alicyclic amines) is 1. The highest BCUT2D eigenvalue weighted by Gasteiger charge is 2.28. The molecule has 0 aliphatic carbocycles. The number of ether oxygens (including phenoxy) is 1. The topological polar surface area (TPSA) is 84.7 Å². The third-order valence-corrected chi connectivity index (χ3v) is 4.93. The van der Waals surface area contributed by atoms with Gasteiger partial charge in [-0.25, -0.2) is 0 Å². The molecule has 0 radical (unpaired) electrons. The van der Waals surface area contributed by atoms with E-state index in [-0.39, 0.29) is 36.2 Å². The summed E-state index contributed by atoms with van der Waals surface area (Å²) in [6.07, 6.45) is 2.66. The predicted molar refractivity (Wildman–Crippen MR) is 114 cm³/mol. The Morgan fingerprint density at radius 2 is 1.86 bits per heavy atom. The summed E-state index contributed by atoms with van der Waals surface area (Å²) in [6, 6.07) is 9.53. The summed E-state index contributed by atoms with van der Waals surface area (Å²) in [6.45, 7) is 6.33. The van der Waals surface area contributed by atoms with Crippen LogP contribution in [-0.4, -0.2) is 49.0 Å². The number of nitrogens with two attached hydrogens (primary N) is 1. The first-order chi connectivity index (χ1) is 13.0. The van der Waals surface area contributed by atoms with E-state index in [4.69, 9.17) is 10.5 Å². The summed E-state index contributed by atoms with van der Waals surface area (Å²) in [5.74, 6) is 1.40. The van der Waals surface area contributed by atoms with Crippen molar-refractivity contribution < 1.29 is 14.3 Å². The van der Waals surface area contributed by atoms with Crippen LogP contribution in [0.5, 0.6) is 5.75 Å². The summed E-state index contributed by atoms with van der Waals surface area (Å²) >= 11 is 0. The molecule has 2 rings (SSSR count). The molecule has 1 atom stereocenters. The van der Waals surface area contributed by atoms with Crippen LogP contribution in [0.3, 0.4) is 0 Å². The van der Waals surface area contributed by atoms with E-state index in [1.54, 1.807) is 0 Å². The molecule has 1 aromatic carbocycles. The maximum absolute atomic E-state index is 12.5. The van der Waals surface area contributed by atoms with E-state index in [1.165, 1.54) is 0 Å². The van der Waals surface area contributed by atoms with Crippen LogP contribution in [0.25, 0.3) is 0 Å². The molecule has 1 aliphatic heterocycles. The van der Waals surface area contributed by atoms with Gasteiger partial charge in [-0.3, -0.25) is 9.59 Å². The van der Waals surface area contributed by atoms with E-state index in [2.05, 4.69) is 19.2 Å². The zero-order chi connectivity index (χ0) is 19.6. The Hall–Kier alpha value is -1.79. The summed E-state index contributed by atoms with van der Waals surface area (Å²) in [7, 11) is 0. The van der Waals surface area contributed by atoms with Crippen molar-refractivity contribution in [2.45, 2.75) is 45.6 Å². The zero-order valence-electron chi connectivity index (χ0n) is 16.9. The lowest BCUT2D eigenvalue weighted by atomic mass is 9.94. The predicted octanol–water partition coefficient (Wildman–Crippen LogP) is 2.61. The number of amides is 2. The summed E-state index contributed by atoms with van der Waals surface area (Å²) < 4.78 is 5.59. The fraction of sp³-hybridized carbons (Fsp3) is 0.619. The van der Waals surface area contributed by atoms with Gasteiger partial charge >= 0.3 is 0 Å². The van der Waals surface area contributed by atoms with Crippen LogP contribution in [0.2, 0.25) is 0 Å². The first-order valence-corrected chi connectivity index (χ1v) is 9.95. The van der Waals surface area contributed by atoms with E-state index in [9.17, 15) is 9.59 Å². The van der Waals surface area contributed by atoms with Crippen molar-refractivity contribution >= 4 is 24.2 Å². The zero-order valence-corrected chi connectivity index (χ0v) is 17.7. The fourth-order valence-corrected chi connectivity index (χ4v) is 3.42. The van der Waals surface area contributed by atoms with Gasteiger partial charge in [-0.2, -0.15) is 0 Å². The molecule has 1 saturated heterocycles. The standard InChI is InChI=1S/C21H33N3O3.ClH/c1-16(2)14-18(15-22)23-21(26)17-8-11-24(12-9-17)20(25)10-13-27-19-6-4-3-5-7-19;/h3-7,16-18H,8-15,22H2,1-2H3,(H,23,26);1H. The minimum Gasteiger partial charge on any atom is -0.493 e. The Morgan fingerprint density at radius 1 is 1.21 bits per heavy atom. The summed E-state index contributed by atoms with van der Waals surface area (Å²) in [4.78, 5) is 26.6. The van der Waals surface area contributed by atoms with Gasteiger partial charge in [0.05, 0.1) is 13.0 Å². The van der Waals surface area contributed by atoms with Gasteiger partial charge in [-0.15, -0.1) is 12.4 Å². The summed E-state index contributed by atoms with van der Waals surface area (Å²) in [5.41, 5.74) is 5.77. The molecule has 0 bridgehead atoms. The van der Waals surface area contributed by atoms with Gasteiger partial charge in [0.1, 0.15) is 5.75 Å². The maximum atomic E-state index is 12.5. The first-order valence-electron chi connectivity index (χ1n) is 9.95. The largest absolute Gasteiger partial charge is 0.493 e. The van der Waals surface area contributed by atoms with Crippen molar-refractivity contribution in [3.63, 3.8) is 0 Å². The number of carbonyl (C=O) groups is 2. The number of hydrogen-bond acceptors (Lipinski definition) is 4. The second kappa shape index (κ2) is 12.6. The van der Waals surface area contributed by atoms with Crippen LogP contribution in [0.4, 0.5) is 0 Å². The second-order valence-corrected chi connectivity index (χ2v) is 7.64. The average molecular weight is 412 g/mol. The van der Waals surface area contributed by atoms with Crippen LogP contribution in [0.15, 0.2) is 30.3 Å². The van der Waals surface area contributed by atoms with E-state index >= 15 is 0 Å². The van der Waals surface area contributed by atoms with E-state index in [0.29, 0.717) is 51.4 Å². The van der Waals surface area contributed by atoms with Gasteiger partial charge in [-0.1, -0.05) is 32.0 Å². The van der Waals surface area contributed by atoms with Gasteiger partial charge in [-0.05, 0) is 37.3 Å². The summed E-state index contributed by atoms with van der Waals surface area (Å²) in [5, 5.41) is 3.08. The molecule has 28 heavy (non-hydrogen) atoms. The molecule has 1 aliphatic rings. The third-order valence-electron chi connectivity index (χ3n) is 4.93. The Kier molecular flexibility index (Phi) is 10.9. The minimum absolute atomic E-state index is 0. The number of halogens is 1. The SMILES string of the molecule is CC(C)CC(CN)NC(=O)C1CCN(C(=O)CCOc2ccccc2)CC1.Cl. The van der Waals surface area contributed by atoms with Crippen molar-refractivity contribution in [3.8, 4) is 5.75 Å². The van der Waals surface area contributed by atoms with Crippen molar-refractivity contribution in [2.24, 2.45) is 17.6 Å². The molecule has 6 nitrogen and oxygen atoms in total. The van der Waals surface area contributed by atoms with E-state index < -0.39 is 0 Å². The number of piperidine rings is 1. The highest BCUT2D eigenvalue weighted by atomic mass is 35.5. The highest BCUT2D eigenvalue weighted by Crippen LogP contribution is 2.19. The van der Waals surface area contributed by atoms with E-state index in [0.717, 1.165) is 12.2 Å². The Morgan fingerprint density at radius 3 is 2.43 bits per heavy atom. The number of nitrogens with zero attached hydrogens (tertiary/aromatic N) is 1. The van der Waals surface area contributed by atoms with Gasteiger partial charge < -0.3 is 20.7 Å². The lowest BCUT2D eigenvalue weighted by Crippen LogP contribution is -2.47. The van der Waals surface area contributed by atoms with E-state index in [1.807, 2.05) is 35.2 Å². The minimum atomic E-state index is -0.0316. The van der Waals surface area contributed by atoms with Crippen molar-refractivity contribution in [1.29, 1.82) is 0 Å². The average Bonchev–Trinajstić information content (AvgIpc) is 2.68. The monoisotopic (exact) mass is 411 g/mol. The van der Waals surface area contributed by atoms with Gasteiger partial charge in [0.2, 0.25) is 11.8 Å². The normalized spacial score (nSPS) is 15.6. The molecule has 158 valence electrons. The Bertz CT molecular complexity index is 590. The van der Waals surface area contributed by atoms with Crippen LogP contribution < -0.4 is 15.8 Å². The molecule has 3 N–H and O–H groups in total. The molecule has 1 heterocycles. The van der Waals surface area contributed by atoms with Gasteiger partial charge in [0, 0.05) is 31.6 Å². The number of rotatable bonds is 9. The number of hydrogen-bond donors (Lipinski definition) is 2. The molecule has 1 fully saturated rings. The second-order valence-electron chi connectivity index (χ2n) is 7.64. The number of nitrogens with one attached hydrogen (secondary N) is 1. The van der Waals surface area contributed by atoms with Crippen molar-refractivity contribution in [1.82, 2.24) is 10.2 Å². The van der Waals surface area contributed by atoms with Crippen molar-refractivity contribution in [2.75, 3.05) is 26.2 Å². The van der Waals surface area contributed by atoms with Crippen LogP contribution >= 0.6 is 12.4 Å². The molecular weight excluding hydrogens is 378 g/mol. The Labute approximate surface area is 174 Å². The molecule has 2 amide bonds. The molecular formula is C21H34ClN3O3. The highest BCUT2D eigenvalue weighted by molar-refractivity contribution is 5.85. The molecule has 0 saturated carbocycles. The van der Waals surface area contributed by atoms with Gasteiger partial charge in [0.25, 0.3) is 0 Å². The number of carbonyl (C=O) groups excluding carboxylic acids is 2. The van der Waals surface area contributed by atoms with Crippen LogP contribution in [0.1, 0.15) is 39.5 Å². The molecule has 7 heteroatoms. The lowest BCUT2D eigenvalue weighted by molar-refractivity contribution is -0.136. The molecule has 1 unspecified atom stereocenters. The van der Waals surface area contributed by atoms with Crippen LogP contribution in [-0.2, 0) is 9.59 Å². The quantitative estimate of drug-likeness (QED) is 0.654. The smallest absolute Gasteiger partial charge is 0.225 e. The molecule has 0 spiro atoms. The molecule has 1 aromatic rings. The Balaban J connectivity index is 0.00000392. The van der Waals surface area contributed by atoms with Gasteiger partial charge in [0.15, 0.2) is 0 Å². The number of para-hydroxylation sites is 1. The fourth-order valence-electron chi connectivity index (χ4n) is 3.42. The maximum Gasteiger partial charge on any atom is 0.225 e. The van der Waals surface area contributed by atoms with Crippen LogP contribution in [0, 0.1) is 11.8 Å². The third kappa shape index (κ3) is 8.07. The molecule has 0 aromatic heterocycles. The number of benzene rings is 1.